The minimum Gasteiger partial charge on any atom is -0.484 e. The molecule has 2 rings (SSSR count). The van der Waals surface area contributed by atoms with E-state index in [1.54, 1.807) is 6.07 Å². The Morgan fingerprint density at radius 2 is 1.87 bits per heavy atom. The van der Waals surface area contributed by atoms with E-state index in [4.69, 9.17) is 9.84 Å². The Balaban J connectivity index is 1.91. The number of anilines is 1. The first kappa shape index (κ1) is 16.0. The molecule has 118 valence electrons. The zero-order chi connectivity index (χ0) is 16.8. The summed E-state index contributed by atoms with van der Waals surface area (Å²) in [5.41, 5.74) is 0.313. The van der Waals surface area contributed by atoms with Crippen molar-refractivity contribution in [1.82, 2.24) is 0 Å². The summed E-state index contributed by atoms with van der Waals surface area (Å²) in [7, 11) is 0. The topological polar surface area (TPSA) is 119 Å². The maximum absolute atomic E-state index is 11.8. The lowest BCUT2D eigenvalue weighted by atomic mass is 10.2. The number of nitrogens with zero attached hydrogens (tertiary/aromatic N) is 1. The lowest BCUT2D eigenvalue weighted by Crippen LogP contribution is -2.20. The molecule has 8 nitrogen and oxygen atoms in total. The summed E-state index contributed by atoms with van der Waals surface area (Å²) in [5.74, 6) is -1.26. The number of amides is 1. The first-order valence-electron chi connectivity index (χ1n) is 6.46. The van der Waals surface area contributed by atoms with Crippen LogP contribution >= 0.6 is 0 Å². The number of hydrogen-bond donors (Lipinski definition) is 2. The quantitative estimate of drug-likeness (QED) is 0.623. The van der Waals surface area contributed by atoms with Gasteiger partial charge >= 0.3 is 5.97 Å². The van der Waals surface area contributed by atoms with Crippen molar-refractivity contribution in [2.24, 2.45) is 0 Å². The molecule has 1 amide bonds. The van der Waals surface area contributed by atoms with E-state index in [-0.39, 0.29) is 17.9 Å². The smallest absolute Gasteiger partial charge is 0.335 e. The van der Waals surface area contributed by atoms with Crippen molar-refractivity contribution < 1.29 is 24.4 Å². The van der Waals surface area contributed by atoms with Crippen LogP contribution in [0.5, 0.6) is 5.75 Å². The summed E-state index contributed by atoms with van der Waals surface area (Å²) in [4.78, 5) is 32.6. The third-order valence-corrected chi connectivity index (χ3v) is 2.81. The molecule has 0 atom stereocenters. The summed E-state index contributed by atoms with van der Waals surface area (Å²) in [5, 5.41) is 21.9. The van der Waals surface area contributed by atoms with Gasteiger partial charge in [0.05, 0.1) is 10.5 Å². The van der Waals surface area contributed by atoms with Crippen molar-refractivity contribution in [3.05, 3.63) is 64.2 Å². The fourth-order valence-electron chi connectivity index (χ4n) is 1.74. The minimum absolute atomic E-state index is 0.0547. The van der Waals surface area contributed by atoms with Gasteiger partial charge in [-0.2, -0.15) is 0 Å². The number of hydrogen-bond acceptors (Lipinski definition) is 5. The number of carbonyl (C=O) groups is 2. The van der Waals surface area contributed by atoms with Gasteiger partial charge in [-0.1, -0.05) is 6.07 Å². The Labute approximate surface area is 130 Å². The number of aromatic carboxylic acids is 1. The highest BCUT2D eigenvalue weighted by molar-refractivity contribution is 5.94. The maximum Gasteiger partial charge on any atom is 0.335 e. The van der Waals surface area contributed by atoms with Crippen LogP contribution in [0, 0.1) is 10.1 Å². The number of nitro benzene ring substituents is 1. The predicted octanol–water partition coefficient (Wildman–Crippen LogP) is 2.31. The average Bonchev–Trinajstić information content (AvgIpc) is 2.53. The van der Waals surface area contributed by atoms with Gasteiger partial charge in [0, 0.05) is 17.8 Å². The van der Waals surface area contributed by atoms with Gasteiger partial charge < -0.3 is 15.2 Å². The van der Waals surface area contributed by atoms with Crippen molar-refractivity contribution in [1.29, 1.82) is 0 Å². The lowest BCUT2D eigenvalue weighted by Gasteiger charge is -2.08. The summed E-state index contributed by atoms with van der Waals surface area (Å²) in [6, 6.07) is 11.1. The lowest BCUT2D eigenvalue weighted by molar-refractivity contribution is -0.384. The van der Waals surface area contributed by atoms with Crippen LogP contribution in [0.1, 0.15) is 10.4 Å². The molecule has 0 bridgehead atoms. The third kappa shape index (κ3) is 4.53. The Bertz CT molecular complexity index is 742. The zero-order valence-corrected chi connectivity index (χ0v) is 11.8. The van der Waals surface area contributed by atoms with E-state index in [0.29, 0.717) is 11.4 Å². The van der Waals surface area contributed by atoms with Crippen LogP contribution in [0.15, 0.2) is 48.5 Å². The van der Waals surface area contributed by atoms with Crippen LogP contribution < -0.4 is 10.1 Å². The van der Waals surface area contributed by atoms with Crippen LogP contribution in [-0.2, 0) is 4.79 Å². The highest BCUT2D eigenvalue weighted by Crippen LogP contribution is 2.17. The second-order valence-electron chi connectivity index (χ2n) is 4.47. The fourth-order valence-corrected chi connectivity index (χ4v) is 1.74. The van der Waals surface area contributed by atoms with Gasteiger partial charge in [-0.15, -0.1) is 0 Å². The Morgan fingerprint density at radius 1 is 1.17 bits per heavy atom. The molecule has 0 aliphatic rings. The molecule has 0 spiro atoms. The van der Waals surface area contributed by atoms with Crippen LogP contribution in [0.2, 0.25) is 0 Å². The Kier molecular flexibility index (Phi) is 4.88. The van der Waals surface area contributed by atoms with Crippen molar-refractivity contribution in [2.75, 3.05) is 11.9 Å². The van der Waals surface area contributed by atoms with E-state index in [2.05, 4.69) is 5.32 Å². The minimum atomic E-state index is -1.09. The number of carbonyl (C=O) groups excluding carboxylic acids is 1. The van der Waals surface area contributed by atoms with Gasteiger partial charge in [-0.3, -0.25) is 14.9 Å². The SMILES string of the molecule is O=C(COc1ccc([N+](=O)[O-])cc1)Nc1cccc(C(=O)O)c1. The fraction of sp³-hybridized carbons (Fsp3) is 0.0667. The molecule has 2 aromatic carbocycles. The van der Waals surface area contributed by atoms with E-state index < -0.39 is 16.8 Å². The van der Waals surface area contributed by atoms with Gasteiger partial charge in [0.2, 0.25) is 0 Å². The van der Waals surface area contributed by atoms with E-state index >= 15 is 0 Å². The predicted molar refractivity (Wildman–Crippen MR) is 80.6 cm³/mol. The highest BCUT2D eigenvalue weighted by atomic mass is 16.6. The summed E-state index contributed by atoms with van der Waals surface area (Å²) < 4.78 is 5.20. The monoisotopic (exact) mass is 316 g/mol. The van der Waals surface area contributed by atoms with Crippen molar-refractivity contribution in [3.8, 4) is 5.75 Å². The molecule has 0 radical (unpaired) electrons. The van der Waals surface area contributed by atoms with Gasteiger partial charge in [-0.25, -0.2) is 4.79 Å². The number of carboxylic acid groups (broad SMARTS) is 1. The number of rotatable bonds is 6. The molecule has 0 saturated heterocycles. The largest absolute Gasteiger partial charge is 0.484 e. The van der Waals surface area contributed by atoms with Crippen LogP contribution in [0.4, 0.5) is 11.4 Å². The average molecular weight is 316 g/mol. The third-order valence-electron chi connectivity index (χ3n) is 2.81. The van der Waals surface area contributed by atoms with Crippen molar-refractivity contribution in [3.63, 3.8) is 0 Å². The molecule has 23 heavy (non-hydrogen) atoms. The van der Waals surface area contributed by atoms with Gasteiger partial charge in [0.15, 0.2) is 6.61 Å². The van der Waals surface area contributed by atoms with Crippen LogP contribution in [0.3, 0.4) is 0 Å². The second-order valence-corrected chi connectivity index (χ2v) is 4.47. The molecule has 0 aliphatic heterocycles. The molecule has 0 heterocycles. The van der Waals surface area contributed by atoms with Gasteiger partial charge in [-0.05, 0) is 30.3 Å². The van der Waals surface area contributed by atoms with Crippen molar-refractivity contribution in [2.45, 2.75) is 0 Å². The molecule has 2 aromatic rings. The van der Waals surface area contributed by atoms with Crippen LogP contribution in [0.25, 0.3) is 0 Å². The zero-order valence-electron chi connectivity index (χ0n) is 11.8. The number of nitro groups is 1. The number of non-ortho nitro benzene ring substituents is 1. The van der Waals surface area contributed by atoms with Crippen molar-refractivity contribution >= 4 is 23.3 Å². The van der Waals surface area contributed by atoms with E-state index in [1.165, 1.54) is 42.5 Å². The second kappa shape index (κ2) is 7.03. The van der Waals surface area contributed by atoms with E-state index in [1.807, 2.05) is 0 Å². The Morgan fingerprint density at radius 3 is 2.48 bits per heavy atom. The molecular formula is C15H12N2O6. The molecule has 0 saturated carbocycles. The van der Waals surface area contributed by atoms with E-state index in [0.717, 1.165) is 0 Å². The number of nitrogens with one attached hydrogen (secondary N) is 1. The molecule has 8 heteroatoms. The standard InChI is InChI=1S/C15H12N2O6/c18-14(16-11-3-1-2-10(8-11)15(19)20)9-23-13-6-4-12(5-7-13)17(21)22/h1-8H,9H2,(H,16,18)(H,19,20). The molecule has 0 aromatic heterocycles. The number of benzene rings is 2. The Hall–Kier alpha value is -3.42. The highest BCUT2D eigenvalue weighted by Gasteiger charge is 2.08. The maximum atomic E-state index is 11.8. The first-order valence-corrected chi connectivity index (χ1v) is 6.46. The summed E-state index contributed by atoms with van der Waals surface area (Å²) in [6.07, 6.45) is 0. The van der Waals surface area contributed by atoms with Gasteiger partial charge in [0.25, 0.3) is 11.6 Å². The molecule has 2 N–H and O–H groups in total. The number of ether oxygens (including phenoxy) is 1. The molecule has 0 unspecified atom stereocenters. The summed E-state index contributed by atoms with van der Waals surface area (Å²) >= 11 is 0. The number of carboxylic acids is 1. The van der Waals surface area contributed by atoms with E-state index in [9.17, 15) is 19.7 Å². The van der Waals surface area contributed by atoms with Crippen LogP contribution in [-0.4, -0.2) is 28.5 Å². The van der Waals surface area contributed by atoms with Gasteiger partial charge in [0.1, 0.15) is 5.75 Å². The normalized spacial score (nSPS) is 9.91. The molecule has 0 aliphatic carbocycles. The first-order chi connectivity index (χ1) is 11.0. The summed E-state index contributed by atoms with van der Waals surface area (Å²) in [6.45, 7) is -0.310. The molecular weight excluding hydrogens is 304 g/mol. The molecule has 0 fully saturated rings.